The molecule has 1 aromatic heterocycles. The fraction of sp³-hybridized carbons (Fsp3) is 0.714. The lowest BCUT2D eigenvalue weighted by Crippen LogP contribution is -2.04. The van der Waals surface area contributed by atoms with Crippen molar-refractivity contribution in [3.8, 4) is 0 Å². The zero-order chi connectivity index (χ0) is 10.8. The van der Waals surface area contributed by atoms with Crippen molar-refractivity contribution in [2.75, 3.05) is 0 Å². The van der Waals surface area contributed by atoms with Crippen LogP contribution < -0.4 is 0 Å². The van der Waals surface area contributed by atoms with Crippen LogP contribution >= 0.6 is 0 Å². The van der Waals surface area contributed by atoms with Gasteiger partial charge in [0.2, 0.25) is 0 Å². The molecule has 0 aliphatic carbocycles. The zero-order valence-electron chi connectivity index (χ0n) is 8.04. The molecule has 0 aromatic carbocycles. The Kier molecular flexibility index (Phi) is 3.22. The Hall–Kier alpha value is -0.950. The van der Waals surface area contributed by atoms with Crippen LogP contribution in [0.15, 0.2) is 6.20 Å². The monoisotopic (exact) mass is 218 g/mol. The van der Waals surface area contributed by atoms with Crippen LogP contribution in [-0.4, -0.2) is 28.0 Å². The number of aromatic nitrogens is 3. The minimum atomic E-state index is -4.26. The molecule has 0 aliphatic rings. The molecule has 7 heteroatoms. The van der Waals surface area contributed by atoms with Crippen LogP contribution in [0.5, 0.6) is 0 Å². The smallest absolute Gasteiger partial charge is 0.100 e. The minimum absolute atomic E-state index is 0.195. The standard InChI is InChI=1S/C7H13N3O3S/c1-6(2)3-10-4-7(8-9-10)5-14(11,12)13/h4,6H,3,5H2,1-2H3,(H,11,12,13)/p-1. The summed E-state index contributed by atoms with van der Waals surface area (Å²) in [6.07, 6.45) is 1.48. The van der Waals surface area contributed by atoms with Gasteiger partial charge >= 0.3 is 0 Å². The maximum Gasteiger partial charge on any atom is 0.100 e. The first-order valence-corrected chi connectivity index (χ1v) is 5.77. The average molecular weight is 218 g/mol. The van der Waals surface area contributed by atoms with E-state index < -0.39 is 15.9 Å². The molecule has 0 fully saturated rings. The number of hydrogen-bond donors (Lipinski definition) is 0. The molecule has 0 saturated carbocycles. The summed E-state index contributed by atoms with van der Waals surface area (Å²) in [5.41, 5.74) is 0.195. The van der Waals surface area contributed by atoms with Gasteiger partial charge in [-0.25, -0.2) is 8.42 Å². The molecular formula is C7H12N3O3S-. The number of rotatable bonds is 4. The number of nitrogens with zero attached hydrogens (tertiary/aromatic N) is 3. The average Bonchev–Trinajstić information content (AvgIpc) is 2.30. The third-order valence-corrected chi connectivity index (χ3v) is 2.11. The summed E-state index contributed by atoms with van der Waals surface area (Å²) in [5.74, 6) is -0.195. The van der Waals surface area contributed by atoms with E-state index in [1.165, 1.54) is 10.9 Å². The fourth-order valence-corrected chi connectivity index (χ4v) is 1.54. The molecule has 0 spiro atoms. The topological polar surface area (TPSA) is 87.9 Å². The van der Waals surface area contributed by atoms with Crippen molar-refractivity contribution in [2.45, 2.75) is 26.1 Å². The second-order valence-electron chi connectivity index (χ2n) is 3.53. The molecule has 0 saturated heterocycles. The van der Waals surface area contributed by atoms with Crippen molar-refractivity contribution < 1.29 is 13.0 Å². The van der Waals surface area contributed by atoms with E-state index in [2.05, 4.69) is 10.3 Å². The molecule has 1 rings (SSSR count). The molecule has 0 aliphatic heterocycles. The summed E-state index contributed by atoms with van der Waals surface area (Å²) in [5, 5.41) is 7.29. The summed E-state index contributed by atoms with van der Waals surface area (Å²) >= 11 is 0. The van der Waals surface area contributed by atoms with Gasteiger partial charge in [0.1, 0.15) is 10.1 Å². The van der Waals surface area contributed by atoms with Crippen molar-refractivity contribution in [1.29, 1.82) is 0 Å². The minimum Gasteiger partial charge on any atom is -0.748 e. The van der Waals surface area contributed by atoms with Gasteiger partial charge in [-0.05, 0) is 5.92 Å². The molecule has 80 valence electrons. The SMILES string of the molecule is CC(C)Cn1cc(CS(=O)(=O)[O-])nn1. The Morgan fingerprint density at radius 1 is 1.57 bits per heavy atom. The van der Waals surface area contributed by atoms with Gasteiger partial charge in [-0.15, -0.1) is 5.10 Å². The Balaban J connectivity index is 2.69. The lowest BCUT2D eigenvalue weighted by Gasteiger charge is -2.03. The summed E-state index contributed by atoms with van der Waals surface area (Å²) in [6.45, 7) is 4.67. The van der Waals surface area contributed by atoms with Gasteiger partial charge in [0.05, 0.1) is 11.4 Å². The van der Waals surface area contributed by atoms with E-state index >= 15 is 0 Å². The number of hydrogen-bond acceptors (Lipinski definition) is 5. The summed E-state index contributed by atoms with van der Waals surface area (Å²) in [4.78, 5) is 0. The molecule has 0 N–H and O–H groups in total. The van der Waals surface area contributed by atoms with E-state index in [1.54, 1.807) is 0 Å². The second kappa shape index (κ2) is 4.05. The van der Waals surface area contributed by atoms with Gasteiger partial charge in [-0.1, -0.05) is 19.1 Å². The van der Waals surface area contributed by atoms with Gasteiger partial charge in [-0.2, -0.15) is 0 Å². The second-order valence-corrected chi connectivity index (χ2v) is 4.93. The van der Waals surface area contributed by atoms with Gasteiger partial charge in [0.15, 0.2) is 0 Å². The highest BCUT2D eigenvalue weighted by molar-refractivity contribution is 7.84. The van der Waals surface area contributed by atoms with Gasteiger partial charge in [0, 0.05) is 12.7 Å². The van der Waals surface area contributed by atoms with Crippen molar-refractivity contribution in [2.24, 2.45) is 5.92 Å². The molecule has 14 heavy (non-hydrogen) atoms. The zero-order valence-corrected chi connectivity index (χ0v) is 8.86. The Morgan fingerprint density at radius 2 is 2.21 bits per heavy atom. The van der Waals surface area contributed by atoms with Crippen molar-refractivity contribution >= 4 is 10.1 Å². The van der Waals surface area contributed by atoms with Crippen LogP contribution in [0.2, 0.25) is 0 Å². The van der Waals surface area contributed by atoms with Crippen molar-refractivity contribution in [1.82, 2.24) is 15.0 Å². The van der Waals surface area contributed by atoms with Gasteiger partial charge in [-0.3, -0.25) is 4.68 Å². The van der Waals surface area contributed by atoms with E-state index in [9.17, 15) is 13.0 Å². The van der Waals surface area contributed by atoms with Crippen LogP contribution in [0.4, 0.5) is 0 Å². The fourth-order valence-electron chi connectivity index (χ4n) is 1.05. The highest BCUT2D eigenvalue weighted by atomic mass is 32.2. The highest BCUT2D eigenvalue weighted by Crippen LogP contribution is 2.02. The molecule has 6 nitrogen and oxygen atoms in total. The Labute approximate surface area is 82.7 Å². The normalized spacial score (nSPS) is 12.3. The van der Waals surface area contributed by atoms with Gasteiger partial charge in [0.25, 0.3) is 0 Å². The van der Waals surface area contributed by atoms with E-state index in [0.717, 1.165) is 0 Å². The molecular weight excluding hydrogens is 206 g/mol. The molecule has 0 radical (unpaired) electrons. The van der Waals surface area contributed by atoms with Crippen LogP contribution in [-0.2, 0) is 22.4 Å². The predicted molar refractivity (Wildman–Crippen MR) is 48.3 cm³/mol. The lowest BCUT2D eigenvalue weighted by molar-refractivity contribution is 0.461. The van der Waals surface area contributed by atoms with Gasteiger partial charge < -0.3 is 4.55 Å². The molecule has 0 amide bonds. The van der Waals surface area contributed by atoms with Crippen LogP contribution in [0.3, 0.4) is 0 Å². The van der Waals surface area contributed by atoms with Crippen LogP contribution in [0, 0.1) is 5.92 Å². The maximum atomic E-state index is 10.4. The van der Waals surface area contributed by atoms with Crippen LogP contribution in [0.25, 0.3) is 0 Å². The van der Waals surface area contributed by atoms with E-state index in [0.29, 0.717) is 12.5 Å². The Morgan fingerprint density at radius 3 is 2.71 bits per heavy atom. The Bertz CT molecular complexity index is 396. The summed E-state index contributed by atoms with van der Waals surface area (Å²) < 4.78 is 32.7. The molecule has 0 unspecified atom stereocenters. The largest absolute Gasteiger partial charge is 0.748 e. The van der Waals surface area contributed by atoms with Crippen molar-refractivity contribution in [3.05, 3.63) is 11.9 Å². The highest BCUT2D eigenvalue weighted by Gasteiger charge is 2.05. The lowest BCUT2D eigenvalue weighted by atomic mass is 10.2. The molecule has 0 atom stereocenters. The first-order chi connectivity index (χ1) is 6.37. The third-order valence-electron chi connectivity index (χ3n) is 1.46. The van der Waals surface area contributed by atoms with Crippen molar-refractivity contribution in [3.63, 3.8) is 0 Å². The first kappa shape index (κ1) is 11.1. The molecule has 0 bridgehead atoms. The third kappa shape index (κ3) is 3.84. The first-order valence-electron chi connectivity index (χ1n) is 4.19. The maximum absolute atomic E-state index is 10.4. The molecule has 1 heterocycles. The van der Waals surface area contributed by atoms with Crippen LogP contribution in [0.1, 0.15) is 19.5 Å². The molecule has 1 aromatic rings. The predicted octanol–water partition coefficient (Wildman–Crippen LogP) is -0.0207. The summed E-state index contributed by atoms with van der Waals surface area (Å²) in [6, 6.07) is 0. The quantitative estimate of drug-likeness (QED) is 0.663. The summed E-state index contributed by atoms with van der Waals surface area (Å²) in [7, 11) is -4.26. The van der Waals surface area contributed by atoms with E-state index in [1.807, 2.05) is 13.8 Å². The van der Waals surface area contributed by atoms with E-state index in [4.69, 9.17) is 0 Å². The van der Waals surface area contributed by atoms with E-state index in [-0.39, 0.29) is 5.69 Å².